The average Bonchev–Trinajstić information content (AvgIpc) is 2.77. The van der Waals surface area contributed by atoms with Crippen molar-refractivity contribution in [3.8, 4) is 0 Å². The van der Waals surface area contributed by atoms with Crippen molar-refractivity contribution in [1.82, 2.24) is 9.97 Å². The molecular formula is C23H25N5O. The third kappa shape index (κ3) is 4.21. The zero-order chi connectivity index (χ0) is 20.2. The molecule has 6 nitrogen and oxygen atoms in total. The summed E-state index contributed by atoms with van der Waals surface area (Å²) in [7, 11) is 0. The van der Waals surface area contributed by atoms with Crippen LogP contribution in [0.4, 0.5) is 17.2 Å². The minimum absolute atomic E-state index is 0.208. The molecule has 0 atom stereocenters. The average molecular weight is 387 g/mol. The van der Waals surface area contributed by atoms with Gasteiger partial charge in [0.1, 0.15) is 5.82 Å². The smallest absolute Gasteiger partial charge is 0.258 e. The molecule has 4 rings (SSSR count). The number of carbonyl (C=O) groups excluding carboxylic acids is 1. The number of hydrogen-bond donors (Lipinski definition) is 1. The van der Waals surface area contributed by atoms with Crippen LogP contribution in [0.3, 0.4) is 0 Å². The molecule has 3 heterocycles. The van der Waals surface area contributed by atoms with Gasteiger partial charge in [0.05, 0.1) is 17.4 Å². The third-order valence-corrected chi connectivity index (χ3v) is 5.47. The van der Waals surface area contributed by atoms with E-state index in [1.807, 2.05) is 18.3 Å². The number of aromatic nitrogens is 2. The fourth-order valence-electron chi connectivity index (χ4n) is 3.62. The summed E-state index contributed by atoms with van der Waals surface area (Å²) in [6.45, 7) is 8.19. The number of piperazine rings is 1. The van der Waals surface area contributed by atoms with E-state index in [4.69, 9.17) is 0 Å². The van der Waals surface area contributed by atoms with Crippen LogP contribution in [0.15, 0.2) is 61.1 Å². The molecule has 2 aromatic heterocycles. The Labute approximate surface area is 171 Å². The molecule has 0 spiro atoms. The van der Waals surface area contributed by atoms with Gasteiger partial charge in [0.25, 0.3) is 5.91 Å². The standard InChI is InChI=1S/C23H25N5O/c1-17-5-3-7-21(18(17)2)28-13-11-27(12-14-28)20-8-9-22(25-16-20)26-23(29)19-6-4-10-24-15-19/h3-10,15-16H,11-14H2,1-2H3,(H,25,26,29). The van der Waals surface area contributed by atoms with Crippen molar-refractivity contribution < 1.29 is 4.79 Å². The Hall–Kier alpha value is -3.41. The first kappa shape index (κ1) is 18.9. The summed E-state index contributed by atoms with van der Waals surface area (Å²) < 4.78 is 0. The van der Waals surface area contributed by atoms with Crippen molar-refractivity contribution in [2.45, 2.75) is 13.8 Å². The Kier molecular flexibility index (Phi) is 5.42. The molecule has 1 aliphatic rings. The van der Waals surface area contributed by atoms with Gasteiger partial charge in [-0.3, -0.25) is 9.78 Å². The molecule has 0 unspecified atom stereocenters. The van der Waals surface area contributed by atoms with E-state index < -0.39 is 0 Å². The van der Waals surface area contributed by atoms with E-state index in [-0.39, 0.29) is 5.91 Å². The number of anilines is 3. The lowest BCUT2D eigenvalue weighted by Crippen LogP contribution is -2.46. The van der Waals surface area contributed by atoms with Crippen LogP contribution < -0.4 is 15.1 Å². The van der Waals surface area contributed by atoms with E-state index in [0.717, 1.165) is 31.9 Å². The first-order valence-corrected chi connectivity index (χ1v) is 9.85. The Morgan fingerprint density at radius 1 is 0.931 bits per heavy atom. The zero-order valence-corrected chi connectivity index (χ0v) is 16.8. The van der Waals surface area contributed by atoms with Gasteiger partial charge in [0.2, 0.25) is 0 Å². The maximum Gasteiger partial charge on any atom is 0.258 e. The predicted octanol–water partition coefficient (Wildman–Crippen LogP) is 3.67. The summed E-state index contributed by atoms with van der Waals surface area (Å²) >= 11 is 0. The van der Waals surface area contributed by atoms with Crippen molar-refractivity contribution in [2.75, 3.05) is 41.3 Å². The number of nitrogens with zero attached hydrogens (tertiary/aromatic N) is 4. The van der Waals surface area contributed by atoms with E-state index in [1.54, 1.807) is 24.5 Å². The van der Waals surface area contributed by atoms with E-state index in [9.17, 15) is 4.79 Å². The highest BCUT2D eigenvalue weighted by molar-refractivity contribution is 6.03. The second-order valence-corrected chi connectivity index (χ2v) is 7.29. The molecule has 1 saturated heterocycles. The topological polar surface area (TPSA) is 61.4 Å². The lowest BCUT2D eigenvalue weighted by atomic mass is 10.1. The minimum atomic E-state index is -0.208. The van der Waals surface area contributed by atoms with Crippen LogP contribution in [0.25, 0.3) is 0 Å². The van der Waals surface area contributed by atoms with Crippen LogP contribution in [-0.2, 0) is 0 Å². The van der Waals surface area contributed by atoms with Crippen molar-refractivity contribution in [3.05, 3.63) is 77.7 Å². The molecule has 0 saturated carbocycles. The number of aryl methyl sites for hydroxylation is 1. The maximum atomic E-state index is 12.2. The molecule has 1 fully saturated rings. The lowest BCUT2D eigenvalue weighted by molar-refractivity contribution is 0.102. The monoisotopic (exact) mass is 387 g/mol. The quantitative estimate of drug-likeness (QED) is 0.740. The number of pyridine rings is 2. The lowest BCUT2D eigenvalue weighted by Gasteiger charge is -2.38. The van der Waals surface area contributed by atoms with Crippen LogP contribution in [0, 0.1) is 13.8 Å². The van der Waals surface area contributed by atoms with Crippen molar-refractivity contribution in [3.63, 3.8) is 0 Å². The van der Waals surface area contributed by atoms with Crippen molar-refractivity contribution in [1.29, 1.82) is 0 Å². The van der Waals surface area contributed by atoms with Gasteiger partial charge in [-0.1, -0.05) is 12.1 Å². The number of hydrogen-bond acceptors (Lipinski definition) is 5. The van der Waals surface area contributed by atoms with Crippen LogP contribution in [0.1, 0.15) is 21.5 Å². The predicted molar refractivity (Wildman–Crippen MR) is 117 cm³/mol. The molecule has 1 amide bonds. The van der Waals surface area contributed by atoms with Crippen LogP contribution in [0.2, 0.25) is 0 Å². The van der Waals surface area contributed by atoms with Gasteiger partial charge in [-0.2, -0.15) is 0 Å². The molecule has 1 aliphatic heterocycles. The van der Waals surface area contributed by atoms with E-state index in [0.29, 0.717) is 11.4 Å². The summed E-state index contributed by atoms with van der Waals surface area (Å²) in [5.74, 6) is 0.331. The molecule has 1 aromatic carbocycles. The number of benzene rings is 1. The molecule has 0 radical (unpaired) electrons. The largest absolute Gasteiger partial charge is 0.368 e. The zero-order valence-electron chi connectivity index (χ0n) is 16.8. The van der Waals surface area contributed by atoms with E-state index in [1.165, 1.54) is 16.8 Å². The molecule has 1 N–H and O–H groups in total. The Balaban J connectivity index is 1.37. The Bertz CT molecular complexity index is 980. The molecule has 0 bridgehead atoms. The fourth-order valence-corrected chi connectivity index (χ4v) is 3.62. The van der Waals surface area contributed by atoms with Gasteiger partial charge in [-0.25, -0.2) is 4.98 Å². The molecule has 6 heteroatoms. The van der Waals surface area contributed by atoms with Crippen molar-refractivity contribution in [2.24, 2.45) is 0 Å². The SMILES string of the molecule is Cc1cccc(N2CCN(c3ccc(NC(=O)c4cccnc4)nc3)CC2)c1C. The van der Waals surface area contributed by atoms with Gasteiger partial charge in [0, 0.05) is 44.3 Å². The fraction of sp³-hybridized carbons (Fsp3) is 0.261. The highest BCUT2D eigenvalue weighted by Crippen LogP contribution is 2.25. The Morgan fingerprint density at radius 2 is 1.72 bits per heavy atom. The molecule has 29 heavy (non-hydrogen) atoms. The highest BCUT2D eigenvalue weighted by Gasteiger charge is 2.19. The number of rotatable bonds is 4. The third-order valence-electron chi connectivity index (χ3n) is 5.47. The summed E-state index contributed by atoms with van der Waals surface area (Å²) in [6, 6.07) is 13.8. The van der Waals surface area contributed by atoms with E-state index >= 15 is 0 Å². The molecular weight excluding hydrogens is 362 g/mol. The molecule has 3 aromatic rings. The summed E-state index contributed by atoms with van der Waals surface area (Å²) in [5, 5.41) is 2.81. The van der Waals surface area contributed by atoms with Crippen LogP contribution in [0.5, 0.6) is 0 Å². The summed E-state index contributed by atoms with van der Waals surface area (Å²) in [5.41, 5.74) is 5.61. The first-order chi connectivity index (χ1) is 14.1. The number of carbonyl (C=O) groups is 1. The molecule has 148 valence electrons. The van der Waals surface area contributed by atoms with Crippen molar-refractivity contribution >= 4 is 23.1 Å². The van der Waals surface area contributed by atoms with Gasteiger partial charge in [-0.05, 0) is 55.3 Å². The Morgan fingerprint density at radius 3 is 2.41 bits per heavy atom. The van der Waals surface area contributed by atoms with E-state index in [2.05, 4.69) is 57.1 Å². The van der Waals surface area contributed by atoms with Gasteiger partial charge in [-0.15, -0.1) is 0 Å². The number of nitrogens with one attached hydrogen (secondary N) is 1. The minimum Gasteiger partial charge on any atom is -0.368 e. The van der Waals surface area contributed by atoms with Crippen LogP contribution in [-0.4, -0.2) is 42.1 Å². The normalized spacial score (nSPS) is 14.0. The maximum absolute atomic E-state index is 12.2. The van der Waals surface area contributed by atoms with Gasteiger partial charge < -0.3 is 15.1 Å². The van der Waals surface area contributed by atoms with Gasteiger partial charge in [0.15, 0.2) is 0 Å². The number of amides is 1. The van der Waals surface area contributed by atoms with Gasteiger partial charge >= 0.3 is 0 Å². The first-order valence-electron chi connectivity index (χ1n) is 9.85. The second kappa shape index (κ2) is 8.31. The summed E-state index contributed by atoms with van der Waals surface area (Å²) in [6.07, 6.45) is 5.01. The molecule has 0 aliphatic carbocycles. The second-order valence-electron chi connectivity index (χ2n) is 7.29. The summed E-state index contributed by atoms with van der Waals surface area (Å²) in [4.78, 5) is 25.4. The van der Waals surface area contributed by atoms with Crippen LogP contribution >= 0.6 is 0 Å². The highest BCUT2D eigenvalue weighted by atomic mass is 16.1.